The van der Waals surface area contributed by atoms with Crippen LogP contribution in [0.3, 0.4) is 0 Å². The number of rotatable bonds is 11. The minimum absolute atomic E-state index is 0.0266. The van der Waals surface area contributed by atoms with Gasteiger partial charge in [0.2, 0.25) is 11.8 Å². The number of carbonyl (C=O) groups is 2. The van der Waals surface area contributed by atoms with Gasteiger partial charge in [0.25, 0.3) is 10.0 Å². The number of anilines is 1. The van der Waals surface area contributed by atoms with Crippen LogP contribution in [0.15, 0.2) is 102 Å². The maximum Gasteiger partial charge on any atom is 0.264 e. The predicted molar refractivity (Wildman–Crippen MR) is 180 cm³/mol. The van der Waals surface area contributed by atoms with Gasteiger partial charge in [0, 0.05) is 24.1 Å². The quantitative estimate of drug-likeness (QED) is 0.202. The zero-order valence-electron chi connectivity index (χ0n) is 27.2. The first-order valence-corrected chi connectivity index (χ1v) is 16.7. The number of amides is 2. The smallest absolute Gasteiger partial charge is 0.264 e. The summed E-state index contributed by atoms with van der Waals surface area (Å²) in [7, 11) is -4.24. The zero-order valence-corrected chi connectivity index (χ0v) is 28.1. The van der Waals surface area contributed by atoms with Gasteiger partial charge < -0.3 is 10.2 Å². The molecule has 2 amide bonds. The molecule has 1 N–H and O–H groups in total. The highest BCUT2D eigenvalue weighted by Gasteiger charge is 2.36. The summed E-state index contributed by atoms with van der Waals surface area (Å²) in [6, 6.07) is 25.9. The Hall–Kier alpha value is -4.50. The van der Waals surface area contributed by atoms with Gasteiger partial charge in [0.05, 0.1) is 10.6 Å². The Labute approximate surface area is 272 Å². The van der Waals surface area contributed by atoms with Gasteiger partial charge in [-0.25, -0.2) is 12.8 Å². The van der Waals surface area contributed by atoms with E-state index in [-0.39, 0.29) is 23.4 Å². The molecule has 4 aromatic rings. The fourth-order valence-electron chi connectivity index (χ4n) is 5.17. The van der Waals surface area contributed by atoms with Crippen molar-refractivity contribution in [3.05, 3.63) is 131 Å². The highest BCUT2D eigenvalue weighted by molar-refractivity contribution is 7.92. The summed E-state index contributed by atoms with van der Waals surface area (Å²) in [5.74, 6) is -1.61. The fourth-order valence-corrected chi connectivity index (χ4v) is 6.65. The van der Waals surface area contributed by atoms with E-state index in [4.69, 9.17) is 0 Å². The first-order chi connectivity index (χ1) is 21.7. The third kappa shape index (κ3) is 8.40. The van der Waals surface area contributed by atoms with E-state index in [1.165, 1.54) is 23.1 Å². The summed E-state index contributed by atoms with van der Waals surface area (Å²) in [6.45, 7) is 10.2. The average molecular weight is 644 g/mol. The standard InChI is InChI=1S/C37H42FN3O4S/c1-26-19-21-31(22-20-26)46(44,45)41(33-18-12-13-27(2)28(33)3)25-35(42)40(24-30-16-10-11-17-32(30)38)34(36(43)39-37(4,5)6)23-29-14-8-7-9-15-29/h7-22,34H,23-25H2,1-6H3,(H,39,43). The molecule has 0 aliphatic heterocycles. The van der Waals surface area contributed by atoms with Gasteiger partial charge in [0.1, 0.15) is 18.4 Å². The Morgan fingerprint density at radius 1 is 0.826 bits per heavy atom. The van der Waals surface area contributed by atoms with Crippen molar-refractivity contribution in [1.29, 1.82) is 0 Å². The second kappa shape index (κ2) is 14.3. The van der Waals surface area contributed by atoms with Crippen LogP contribution >= 0.6 is 0 Å². The van der Waals surface area contributed by atoms with Crippen molar-refractivity contribution in [2.75, 3.05) is 10.8 Å². The lowest BCUT2D eigenvalue weighted by Crippen LogP contribution is -2.56. The summed E-state index contributed by atoms with van der Waals surface area (Å²) in [5, 5.41) is 2.98. The third-order valence-corrected chi connectivity index (χ3v) is 9.57. The Morgan fingerprint density at radius 3 is 2.09 bits per heavy atom. The van der Waals surface area contributed by atoms with Crippen molar-refractivity contribution in [3.8, 4) is 0 Å². The van der Waals surface area contributed by atoms with Crippen molar-refractivity contribution >= 4 is 27.5 Å². The maximum absolute atomic E-state index is 15.1. The second-order valence-electron chi connectivity index (χ2n) is 12.6. The lowest BCUT2D eigenvalue weighted by Gasteiger charge is -2.35. The van der Waals surface area contributed by atoms with E-state index in [0.717, 1.165) is 21.0 Å². The van der Waals surface area contributed by atoms with Gasteiger partial charge >= 0.3 is 0 Å². The molecule has 0 saturated heterocycles. The molecule has 0 radical (unpaired) electrons. The lowest BCUT2D eigenvalue weighted by atomic mass is 10.0. The fraction of sp³-hybridized carbons (Fsp3) is 0.297. The molecule has 4 rings (SSSR count). The first kappa shape index (κ1) is 34.4. The molecule has 9 heteroatoms. The number of nitrogens with one attached hydrogen (secondary N) is 1. The Kier molecular flexibility index (Phi) is 10.7. The van der Waals surface area contributed by atoms with E-state index < -0.39 is 45.8 Å². The Bertz CT molecular complexity index is 1790. The number of hydrogen-bond donors (Lipinski definition) is 1. The van der Waals surface area contributed by atoms with Crippen LogP contribution in [-0.2, 0) is 32.6 Å². The molecule has 4 aromatic carbocycles. The van der Waals surface area contributed by atoms with Crippen molar-refractivity contribution in [2.45, 2.75) is 71.0 Å². The van der Waals surface area contributed by atoms with Gasteiger partial charge in [-0.3, -0.25) is 13.9 Å². The summed E-state index contributed by atoms with van der Waals surface area (Å²) in [4.78, 5) is 29.9. The predicted octanol–water partition coefficient (Wildman–Crippen LogP) is 6.50. The molecular formula is C37H42FN3O4S. The highest BCUT2D eigenvalue weighted by atomic mass is 32.2. The van der Waals surface area contributed by atoms with Crippen LogP contribution in [0.1, 0.15) is 48.6 Å². The van der Waals surface area contributed by atoms with Gasteiger partial charge in [-0.15, -0.1) is 0 Å². The zero-order chi connectivity index (χ0) is 33.6. The summed E-state index contributed by atoms with van der Waals surface area (Å²) in [6.07, 6.45) is 0.136. The minimum atomic E-state index is -4.24. The first-order valence-electron chi connectivity index (χ1n) is 15.2. The number of benzene rings is 4. The molecule has 0 aliphatic carbocycles. The molecule has 7 nitrogen and oxygen atoms in total. The molecule has 1 unspecified atom stereocenters. The topological polar surface area (TPSA) is 86.8 Å². The van der Waals surface area contributed by atoms with E-state index in [1.54, 1.807) is 49.4 Å². The third-order valence-electron chi connectivity index (χ3n) is 7.80. The maximum atomic E-state index is 15.1. The van der Waals surface area contributed by atoms with Crippen LogP contribution in [-0.4, -0.2) is 43.3 Å². The Morgan fingerprint density at radius 2 is 1.46 bits per heavy atom. The lowest BCUT2D eigenvalue weighted by molar-refractivity contribution is -0.140. The van der Waals surface area contributed by atoms with Crippen LogP contribution in [0.2, 0.25) is 0 Å². The largest absolute Gasteiger partial charge is 0.350 e. The summed E-state index contributed by atoms with van der Waals surface area (Å²) < 4.78 is 44.7. The molecule has 0 aliphatic rings. The Balaban J connectivity index is 1.86. The monoisotopic (exact) mass is 643 g/mol. The summed E-state index contributed by atoms with van der Waals surface area (Å²) >= 11 is 0. The molecule has 0 saturated carbocycles. The van der Waals surface area contributed by atoms with E-state index in [1.807, 2.05) is 71.0 Å². The van der Waals surface area contributed by atoms with Crippen LogP contribution in [0.4, 0.5) is 10.1 Å². The molecule has 0 spiro atoms. The normalized spacial score (nSPS) is 12.3. The van der Waals surface area contributed by atoms with Gasteiger partial charge in [-0.2, -0.15) is 0 Å². The van der Waals surface area contributed by atoms with E-state index in [2.05, 4.69) is 5.32 Å². The molecule has 1 atom stereocenters. The molecule has 0 aromatic heterocycles. The van der Waals surface area contributed by atoms with Crippen molar-refractivity contribution in [1.82, 2.24) is 10.2 Å². The molecular weight excluding hydrogens is 601 g/mol. The van der Waals surface area contributed by atoms with Crippen LogP contribution in [0.5, 0.6) is 0 Å². The number of halogens is 1. The number of hydrogen-bond acceptors (Lipinski definition) is 4. The van der Waals surface area contributed by atoms with Crippen molar-refractivity contribution in [2.24, 2.45) is 0 Å². The van der Waals surface area contributed by atoms with E-state index in [0.29, 0.717) is 11.3 Å². The van der Waals surface area contributed by atoms with Gasteiger partial charge in [0.15, 0.2) is 0 Å². The number of aryl methyl sites for hydroxylation is 2. The summed E-state index contributed by atoms with van der Waals surface area (Å²) in [5.41, 5.74) is 3.15. The minimum Gasteiger partial charge on any atom is -0.350 e. The molecule has 0 heterocycles. The van der Waals surface area contributed by atoms with E-state index in [9.17, 15) is 18.0 Å². The highest BCUT2D eigenvalue weighted by Crippen LogP contribution is 2.29. The molecule has 0 bridgehead atoms. The number of sulfonamides is 1. The number of carbonyl (C=O) groups excluding carboxylic acids is 2. The van der Waals surface area contributed by atoms with Crippen LogP contribution in [0.25, 0.3) is 0 Å². The van der Waals surface area contributed by atoms with Crippen LogP contribution < -0.4 is 9.62 Å². The SMILES string of the molecule is Cc1ccc(S(=O)(=O)N(CC(=O)N(Cc2ccccc2F)C(Cc2ccccc2)C(=O)NC(C)(C)C)c2cccc(C)c2C)cc1. The molecule has 242 valence electrons. The van der Waals surface area contributed by atoms with Gasteiger partial charge in [-0.05, 0) is 82.5 Å². The number of nitrogens with zero attached hydrogens (tertiary/aromatic N) is 2. The van der Waals surface area contributed by atoms with Crippen molar-refractivity contribution < 1.29 is 22.4 Å². The molecule has 46 heavy (non-hydrogen) atoms. The second-order valence-corrected chi connectivity index (χ2v) is 14.5. The molecule has 0 fully saturated rings. The average Bonchev–Trinajstić information content (AvgIpc) is 3.00. The van der Waals surface area contributed by atoms with Crippen molar-refractivity contribution in [3.63, 3.8) is 0 Å². The van der Waals surface area contributed by atoms with E-state index >= 15 is 4.39 Å². The van der Waals surface area contributed by atoms with Crippen LogP contribution in [0, 0.1) is 26.6 Å². The van der Waals surface area contributed by atoms with Gasteiger partial charge in [-0.1, -0.05) is 78.4 Å².